The number of carbonyl (C=O) groups is 3. The number of anilines is 1. The zero-order valence-electron chi connectivity index (χ0n) is 15.2. The van der Waals surface area contributed by atoms with E-state index in [2.05, 4.69) is 10.3 Å². The second-order valence-corrected chi connectivity index (χ2v) is 6.88. The number of pyridine rings is 1. The minimum absolute atomic E-state index is 0.105. The van der Waals surface area contributed by atoms with Gasteiger partial charge >= 0.3 is 6.03 Å². The molecule has 4 amide bonds. The van der Waals surface area contributed by atoms with Crippen molar-refractivity contribution in [2.45, 2.75) is 26.3 Å². The maximum absolute atomic E-state index is 13.1. The number of nitrogens with zero attached hydrogens (tertiary/aromatic N) is 4. The van der Waals surface area contributed by atoms with Crippen LogP contribution in [0.15, 0.2) is 29.2 Å². The van der Waals surface area contributed by atoms with Gasteiger partial charge in [0.15, 0.2) is 5.41 Å². The van der Waals surface area contributed by atoms with E-state index < -0.39 is 29.3 Å². The summed E-state index contributed by atoms with van der Waals surface area (Å²) >= 11 is 0. The van der Waals surface area contributed by atoms with Gasteiger partial charge in [0, 0.05) is 26.2 Å². The lowest BCUT2D eigenvalue weighted by Crippen LogP contribution is -2.71. The first-order valence-corrected chi connectivity index (χ1v) is 8.73. The van der Waals surface area contributed by atoms with Gasteiger partial charge in [-0.1, -0.05) is 6.07 Å². The molecule has 140 valence electrons. The van der Waals surface area contributed by atoms with Crippen LogP contribution in [0.4, 0.5) is 10.6 Å². The Morgan fingerprint density at radius 3 is 2.70 bits per heavy atom. The molecule has 0 radical (unpaired) electrons. The standard InChI is InChI=1S/C18H19N5O4/c1-4-22-10(2)18(15(25)20-17(27)21(3)16(18)26)9-11-13(22)19-12-7-5-6-8-23(12)14(11)24/h5-8,10H,4,9H2,1-3H3,(H,20,25,27)/t10-,18+/m1/s1. The molecule has 27 heavy (non-hydrogen) atoms. The largest absolute Gasteiger partial charge is 0.352 e. The third-order valence-electron chi connectivity index (χ3n) is 5.67. The smallest absolute Gasteiger partial charge is 0.330 e. The van der Waals surface area contributed by atoms with Crippen LogP contribution >= 0.6 is 0 Å². The number of barbiturate groups is 1. The normalized spacial score (nSPS) is 25.1. The fraction of sp³-hybridized carbons (Fsp3) is 0.389. The Hall–Kier alpha value is -3.23. The van der Waals surface area contributed by atoms with Gasteiger partial charge in [0.05, 0.1) is 11.6 Å². The average Bonchev–Trinajstić information content (AvgIpc) is 2.66. The predicted molar refractivity (Wildman–Crippen MR) is 96.4 cm³/mol. The van der Waals surface area contributed by atoms with Crippen molar-refractivity contribution in [3.63, 3.8) is 0 Å². The molecular weight excluding hydrogens is 350 g/mol. The van der Waals surface area contributed by atoms with Crippen LogP contribution in [0.25, 0.3) is 5.65 Å². The van der Waals surface area contributed by atoms with E-state index in [4.69, 9.17) is 0 Å². The highest BCUT2D eigenvalue weighted by Gasteiger charge is 2.60. The first-order chi connectivity index (χ1) is 12.8. The second-order valence-electron chi connectivity index (χ2n) is 6.88. The number of rotatable bonds is 1. The van der Waals surface area contributed by atoms with E-state index in [-0.39, 0.29) is 12.0 Å². The molecular formula is C18H19N5O4. The van der Waals surface area contributed by atoms with Crippen LogP contribution in [-0.4, -0.2) is 51.8 Å². The highest BCUT2D eigenvalue weighted by molar-refractivity contribution is 6.20. The van der Waals surface area contributed by atoms with Crippen LogP contribution < -0.4 is 15.8 Å². The zero-order valence-corrected chi connectivity index (χ0v) is 15.2. The van der Waals surface area contributed by atoms with E-state index in [0.717, 1.165) is 4.90 Å². The van der Waals surface area contributed by atoms with Crippen molar-refractivity contribution in [1.82, 2.24) is 19.6 Å². The summed E-state index contributed by atoms with van der Waals surface area (Å²) in [6.45, 7) is 4.07. The Morgan fingerprint density at radius 2 is 2.00 bits per heavy atom. The molecule has 1 fully saturated rings. The van der Waals surface area contributed by atoms with Crippen LogP contribution in [-0.2, 0) is 16.0 Å². The van der Waals surface area contributed by atoms with Gasteiger partial charge in [-0.3, -0.25) is 29.0 Å². The Morgan fingerprint density at radius 1 is 1.26 bits per heavy atom. The van der Waals surface area contributed by atoms with Gasteiger partial charge in [0.1, 0.15) is 11.5 Å². The fourth-order valence-corrected chi connectivity index (χ4v) is 4.11. The van der Waals surface area contributed by atoms with Crippen LogP contribution in [0.5, 0.6) is 0 Å². The third kappa shape index (κ3) is 2.08. The van der Waals surface area contributed by atoms with E-state index in [1.165, 1.54) is 11.4 Å². The first kappa shape index (κ1) is 17.2. The van der Waals surface area contributed by atoms with E-state index in [1.54, 1.807) is 36.2 Å². The molecule has 0 aromatic carbocycles. The van der Waals surface area contributed by atoms with E-state index in [1.807, 2.05) is 6.92 Å². The zero-order chi connectivity index (χ0) is 19.5. The number of nitrogens with one attached hydrogen (secondary N) is 1. The summed E-state index contributed by atoms with van der Waals surface area (Å²) in [6, 6.07) is 3.90. The Labute approximate surface area is 154 Å². The van der Waals surface area contributed by atoms with E-state index in [0.29, 0.717) is 23.6 Å². The molecule has 0 saturated carbocycles. The van der Waals surface area contributed by atoms with Crippen molar-refractivity contribution in [3.05, 3.63) is 40.3 Å². The summed E-state index contributed by atoms with van der Waals surface area (Å²) in [5.74, 6) is -0.804. The van der Waals surface area contributed by atoms with Gasteiger partial charge in [-0.2, -0.15) is 0 Å². The molecule has 2 aliphatic rings. The number of hydrogen-bond donors (Lipinski definition) is 1. The fourth-order valence-electron chi connectivity index (χ4n) is 4.11. The molecule has 9 nitrogen and oxygen atoms in total. The molecule has 2 atom stereocenters. The summed E-state index contributed by atoms with van der Waals surface area (Å²) in [5.41, 5.74) is -1.09. The van der Waals surface area contributed by atoms with Crippen molar-refractivity contribution in [2.75, 3.05) is 18.5 Å². The summed E-state index contributed by atoms with van der Waals surface area (Å²) in [6.07, 6.45) is 1.50. The molecule has 2 aliphatic heterocycles. The number of aromatic nitrogens is 2. The number of hydrogen-bond acceptors (Lipinski definition) is 6. The Balaban J connectivity index is 2.00. The molecule has 4 rings (SSSR count). The molecule has 0 unspecified atom stereocenters. The molecule has 2 aromatic heterocycles. The lowest BCUT2D eigenvalue weighted by Gasteiger charge is -2.49. The first-order valence-electron chi connectivity index (χ1n) is 8.73. The number of amides is 4. The quantitative estimate of drug-likeness (QED) is 0.718. The van der Waals surface area contributed by atoms with Crippen molar-refractivity contribution < 1.29 is 14.4 Å². The highest BCUT2D eigenvalue weighted by Crippen LogP contribution is 2.42. The monoisotopic (exact) mass is 369 g/mol. The summed E-state index contributed by atoms with van der Waals surface area (Å²) < 4.78 is 1.40. The van der Waals surface area contributed by atoms with Crippen LogP contribution in [0.2, 0.25) is 0 Å². The molecule has 9 heteroatoms. The third-order valence-corrected chi connectivity index (χ3v) is 5.67. The second kappa shape index (κ2) is 5.63. The SMILES string of the molecule is CCN1c2nc3ccccn3c(=O)c2C[C@@]2(C(=O)NC(=O)N(C)C2=O)[C@H]1C. The van der Waals surface area contributed by atoms with E-state index >= 15 is 0 Å². The molecule has 2 aromatic rings. The highest BCUT2D eigenvalue weighted by atomic mass is 16.2. The lowest BCUT2D eigenvalue weighted by molar-refractivity contribution is -0.152. The topological polar surface area (TPSA) is 104 Å². The summed E-state index contributed by atoms with van der Waals surface area (Å²) in [4.78, 5) is 58.2. The maximum Gasteiger partial charge on any atom is 0.330 e. The van der Waals surface area contributed by atoms with Gasteiger partial charge in [-0.05, 0) is 26.0 Å². The van der Waals surface area contributed by atoms with Gasteiger partial charge in [-0.15, -0.1) is 0 Å². The molecule has 0 aliphatic carbocycles. The molecule has 1 saturated heterocycles. The Bertz CT molecular complexity index is 1060. The van der Waals surface area contributed by atoms with Crippen molar-refractivity contribution in [2.24, 2.45) is 5.41 Å². The number of carbonyl (C=O) groups excluding carboxylic acids is 3. The number of fused-ring (bicyclic) bond motifs is 2. The number of urea groups is 1. The average molecular weight is 369 g/mol. The van der Waals surface area contributed by atoms with Crippen LogP contribution in [0, 0.1) is 5.41 Å². The number of imide groups is 2. The Kier molecular flexibility index (Phi) is 3.59. The molecule has 0 bridgehead atoms. The van der Waals surface area contributed by atoms with Gasteiger partial charge in [0.2, 0.25) is 11.8 Å². The lowest BCUT2D eigenvalue weighted by atomic mass is 9.70. The molecule has 4 heterocycles. The van der Waals surface area contributed by atoms with E-state index in [9.17, 15) is 19.2 Å². The predicted octanol–water partition coefficient (Wildman–Crippen LogP) is 0.160. The van der Waals surface area contributed by atoms with Crippen LogP contribution in [0.1, 0.15) is 19.4 Å². The maximum atomic E-state index is 13.1. The van der Waals surface area contributed by atoms with Crippen LogP contribution in [0.3, 0.4) is 0 Å². The van der Waals surface area contributed by atoms with Crippen molar-refractivity contribution in [3.8, 4) is 0 Å². The summed E-state index contributed by atoms with van der Waals surface area (Å²) in [5, 5.41) is 2.25. The van der Waals surface area contributed by atoms with Gasteiger partial charge in [0.25, 0.3) is 5.56 Å². The minimum Gasteiger partial charge on any atom is -0.352 e. The minimum atomic E-state index is -1.56. The van der Waals surface area contributed by atoms with Gasteiger partial charge in [-0.25, -0.2) is 9.78 Å². The van der Waals surface area contributed by atoms with Crippen molar-refractivity contribution in [1.29, 1.82) is 0 Å². The molecule has 1 N–H and O–H groups in total. The van der Waals surface area contributed by atoms with Gasteiger partial charge < -0.3 is 4.90 Å². The summed E-state index contributed by atoms with van der Waals surface area (Å²) in [7, 11) is 1.33. The molecule has 1 spiro atoms. The van der Waals surface area contributed by atoms with Crippen molar-refractivity contribution >= 4 is 29.3 Å².